The molecule has 0 saturated heterocycles. The molecule has 0 amide bonds. The molecule has 0 atom stereocenters. The van der Waals surface area contributed by atoms with Crippen molar-refractivity contribution in [3.05, 3.63) is 170 Å². The van der Waals surface area contributed by atoms with Crippen LogP contribution in [0.3, 0.4) is 0 Å². The summed E-state index contributed by atoms with van der Waals surface area (Å²) in [4.78, 5) is 4.95. The third-order valence-corrected chi connectivity index (χ3v) is 15.8. The molecule has 7 aromatic carbocycles. The average molecular weight is 970 g/mol. The van der Waals surface area contributed by atoms with Crippen LogP contribution in [-0.4, -0.2) is 28.9 Å². The van der Waals surface area contributed by atoms with Crippen molar-refractivity contribution in [3.63, 3.8) is 0 Å². The van der Waals surface area contributed by atoms with E-state index in [4.69, 9.17) is 19.2 Å². The Bertz CT molecular complexity index is 3430. The van der Waals surface area contributed by atoms with Gasteiger partial charge < -0.3 is 23.3 Å². The van der Waals surface area contributed by atoms with Gasteiger partial charge in [-0.3, -0.25) is 4.57 Å². The number of ether oxygens (including phenoxy) is 3. The molecule has 10 heteroatoms. The molecule has 6 heterocycles. The van der Waals surface area contributed by atoms with Gasteiger partial charge in [-0.25, -0.2) is 4.98 Å². The smallest absolute Gasteiger partial charge is 0.268 e. The van der Waals surface area contributed by atoms with Gasteiger partial charge in [0.25, 0.3) is 13.0 Å². The zero-order valence-corrected chi connectivity index (χ0v) is 35.6. The van der Waals surface area contributed by atoms with E-state index in [1.54, 1.807) is 0 Å². The van der Waals surface area contributed by atoms with Gasteiger partial charge in [-0.2, -0.15) is 12.1 Å². The Morgan fingerprint density at radius 2 is 1.45 bits per heavy atom. The standard InChI is InChI=1S/C50H31BN4O3Si.Pt/c1-59(2)44-25-24-34(28-39(44)54-30-53(31-13-4-3-5-14-31)38-20-11-23-45(59)48(38)54)56-33-16-10-15-32(27-33)55-40-29-43-47-49(46(40)35-17-12-26-52-50(35)55)58-42-22-9-7-19-37(42)51(47)36-18-6-8-21-41(36)57-43;/h3-26,29H,1-2H3;/q-2;. The fraction of sp³-hybridized carbons (Fsp3) is 0.0400. The first kappa shape index (κ1) is 35.3. The maximum Gasteiger partial charge on any atom is 0.268 e. The second kappa shape index (κ2) is 12.9. The van der Waals surface area contributed by atoms with Crippen LogP contribution in [0.4, 0.5) is 0 Å². The number of hydrogen-bond acceptors (Lipinski definition) is 4. The van der Waals surface area contributed by atoms with Gasteiger partial charge in [0.05, 0.1) is 27.6 Å². The first-order valence-corrected chi connectivity index (χ1v) is 22.8. The van der Waals surface area contributed by atoms with Crippen molar-refractivity contribution in [2.24, 2.45) is 0 Å². The molecule has 0 aliphatic carbocycles. The number of nitrogens with zero attached hydrogens (tertiary/aromatic N) is 4. The Hall–Kier alpha value is -6.67. The Morgan fingerprint density at radius 1 is 0.700 bits per heavy atom. The summed E-state index contributed by atoms with van der Waals surface area (Å²) in [6.07, 6.45) is 5.50. The minimum Gasteiger partial charge on any atom is -0.510 e. The minimum absolute atomic E-state index is 0. The van der Waals surface area contributed by atoms with Gasteiger partial charge in [0, 0.05) is 63.8 Å². The summed E-state index contributed by atoms with van der Waals surface area (Å²) >= 11 is 0. The molecule has 0 fully saturated rings. The molecule has 0 radical (unpaired) electrons. The van der Waals surface area contributed by atoms with Crippen LogP contribution in [0.5, 0.6) is 34.5 Å². The average Bonchev–Trinajstić information content (AvgIpc) is 3.83. The molecular weight excluding hydrogens is 939 g/mol. The summed E-state index contributed by atoms with van der Waals surface area (Å²) in [6, 6.07) is 57.4. The molecule has 60 heavy (non-hydrogen) atoms. The molecule has 0 saturated carbocycles. The SMILES string of the molecule is C[Si]1(C)c2ccc(Oc3[c-]c(-n4c5cc6c7c(c5c5cccnc54)Oc4ccccc4B7c4ccccc4O6)ccc3)[c-]c2-n2[c-][n+](-c3ccccc3)c3cccc1c32.[Pt]. The van der Waals surface area contributed by atoms with E-state index in [1.807, 2.05) is 60.8 Å². The van der Waals surface area contributed by atoms with E-state index < -0.39 is 8.07 Å². The molecule has 0 bridgehead atoms. The number of hydrogen-bond donors (Lipinski definition) is 0. The van der Waals surface area contributed by atoms with Crippen LogP contribution < -0.4 is 45.5 Å². The van der Waals surface area contributed by atoms with Crippen LogP contribution in [0.1, 0.15) is 0 Å². The van der Waals surface area contributed by atoms with Crippen LogP contribution in [0.25, 0.3) is 50.0 Å². The Kier molecular flexibility index (Phi) is 7.60. The largest absolute Gasteiger partial charge is 0.510 e. The van der Waals surface area contributed by atoms with Gasteiger partial charge in [0.2, 0.25) is 0 Å². The van der Waals surface area contributed by atoms with E-state index in [-0.39, 0.29) is 27.8 Å². The molecule has 3 aromatic heterocycles. The van der Waals surface area contributed by atoms with Gasteiger partial charge >= 0.3 is 0 Å². The van der Waals surface area contributed by atoms with Crippen molar-refractivity contribution in [1.82, 2.24) is 14.1 Å². The van der Waals surface area contributed by atoms with Crippen LogP contribution >= 0.6 is 0 Å². The summed E-state index contributed by atoms with van der Waals surface area (Å²) in [5.41, 5.74) is 10.1. The Morgan fingerprint density at radius 3 is 2.28 bits per heavy atom. The molecule has 3 aliphatic heterocycles. The molecule has 13 rings (SSSR count). The number of fused-ring (bicyclic) bond motifs is 10. The van der Waals surface area contributed by atoms with Crippen molar-refractivity contribution in [1.29, 1.82) is 0 Å². The summed E-state index contributed by atoms with van der Waals surface area (Å²) in [6.45, 7) is 4.79. The topological polar surface area (TPSA) is 54.3 Å². The summed E-state index contributed by atoms with van der Waals surface area (Å²) in [5.74, 6) is 4.42. The number of benzene rings is 7. The number of pyridine rings is 1. The van der Waals surface area contributed by atoms with E-state index >= 15 is 0 Å². The molecule has 3 aliphatic rings. The van der Waals surface area contributed by atoms with E-state index in [2.05, 4.69) is 136 Å². The van der Waals surface area contributed by atoms with Crippen LogP contribution in [-0.2, 0) is 21.1 Å². The first-order valence-electron chi connectivity index (χ1n) is 19.8. The molecule has 0 spiro atoms. The number of rotatable bonds is 4. The summed E-state index contributed by atoms with van der Waals surface area (Å²) in [7, 11) is -2.10. The zero-order valence-electron chi connectivity index (χ0n) is 32.3. The van der Waals surface area contributed by atoms with Crippen molar-refractivity contribution in [2.75, 3.05) is 0 Å². The van der Waals surface area contributed by atoms with Gasteiger partial charge in [-0.15, -0.1) is 35.5 Å². The van der Waals surface area contributed by atoms with Crippen molar-refractivity contribution < 1.29 is 39.8 Å². The molecule has 7 nitrogen and oxygen atoms in total. The number of imidazole rings is 1. The monoisotopic (exact) mass is 969 g/mol. The van der Waals surface area contributed by atoms with E-state index in [9.17, 15) is 0 Å². The fourth-order valence-corrected chi connectivity index (χ4v) is 12.6. The third-order valence-electron chi connectivity index (χ3n) is 12.3. The van der Waals surface area contributed by atoms with Gasteiger partial charge in [-0.1, -0.05) is 96.8 Å². The maximum atomic E-state index is 6.88. The number of aromatic nitrogens is 4. The molecule has 10 aromatic rings. The van der Waals surface area contributed by atoms with Crippen LogP contribution in [0.15, 0.2) is 152 Å². The molecular formula is C50H31BN4O3PtSi-2. The maximum absolute atomic E-state index is 6.88. The minimum atomic E-state index is -2.10. The zero-order chi connectivity index (χ0) is 39.0. The Labute approximate surface area is 361 Å². The quantitative estimate of drug-likeness (QED) is 0.105. The normalized spacial score (nSPS) is 13.7. The molecule has 0 unspecified atom stereocenters. The van der Waals surface area contributed by atoms with Crippen molar-refractivity contribution in [2.45, 2.75) is 13.1 Å². The summed E-state index contributed by atoms with van der Waals surface area (Å²) < 4.78 is 26.7. The fourth-order valence-electron chi connectivity index (χ4n) is 9.68. The van der Waals surface area contributed by atoms with E-state index in [0.717, 1.165) is 83.9 Å². The van der Waals surface area contributed by atoms with Gasteiger partial charge in [0.1, 0.15) is 28.6 Å². The van der Waals surface area contributed by atoms with Crippen LogP contribution in [0.2, 0.25) is 13.1 Å². The first-order chi connectivity index (χ1) is 29.0. The second-order valence-corrected chi connectivity index (χ2v) is 20.3. The molecule has 0 N–H and O–H groups in total. The van der Waals surface area contributed by atoms with Gasteiger partial charge in [0.15, 0.2) is 0 Å². The van der Waals surface area contributed by atoms with Crippen LogP contribution in [0, 0.1) is 18.5 Å². The van der Waals surface area contributed by atoms with Gasteiger partial charge in [-0.05, 0) is 53.0 Å². The predicted octanol–water partition coefficient (Wildman–Crippen LogP) is 7.45. The third kappa shape index (κ3) is 4.87. The van der Waals surface area contributed by atoms with Crippen molar-refractivity contribution >= 4 is 74.5 Å². The Balaban J connectivity index is 0.00000388. The molecule has 288 valence electrons. The number of para-hydroxylation sites is 4. The predicted molar refractivity (Wildman–Crippen MR) is 234 cm³/mol. The second-order valence-electron chi connectivity index (χ2n) is 15.9. The summed E-state index contributed by atoms with van der Waals surface area (Å²) in [5, 5.41) is 4.63. The van der Waals surface area contributed by atoms with Crippen molar-refractivity contribution in [3.8, 4) is 51.6 Å². The van der Waals surface area contributed by atoms with E-state index in [0.29, 0.717) is 11.5 Å². The van der Waals surface area contributed by atoms with E-state index in [1.165, 1.54) is 15.9 Å².